The summed E-state index contributed by atoms with van der Waals surface area (Å²) in [5, 5.41) is 21.9. The fraction of sp³-hybridized carbons (Fsp3) is 0.208. The first kappa shape index (κ1) is 21.2. The first-order chi connectivity index (χ1) is 14.7. The number of hydrogen-bond donors (Lipinski definition) is 1. The van der Waals surface area contributed by atoms with Gasteiger partial charge in [-0.2, -0.15) is 22.3 Å². The monoisotopic (exact) mass is 414 g/mol. The first-order valence-electron chi connectivity index (χ1n) is 9.69. The van der Waals surface area contributed by atoms with Crippen LogP contribution in [0.4, 0.5) is 0 Å². The molecule has 30 heavy (non-hydrogen) atoms. The van der Waals surface area contributed by atoms with Crippen molar-refractivity contribution in [1.29, 1.82) is 10.5 Å². The van der Waals surface area contributed by atoms with Crippen LogP contribution in [0.25, 0.3) is 17.0 Å². The Morgan fingerprint density at radius 1 is 1.13 bits per heavy atom. The maximum Gasteiger partial charge on any atom is 0.244 e. The lowest BCUT2D eigenvalue weighted by atomic mass is 10.1. The third kappa shape index (κ3) is 5.53. The molecule has 0 spiro atoms. The van der Waals surface area contributed by atoms with Crippen molar-refractivity contribution in [3.05, 3.63) is 77.5 Å². The Balaban J connectivity index is 1.50. The smallest absolute Gasteiger partial charge is 0.244 e. The SMILES string of the molecule is N#CCCn1cc(/C=C/C(=O)NCCSCc2ccccc2C#N)c2ccccc21. The van der Waals surface area contributed by atoms with E-state index in [1.54, 1.807) is 17.8 Å². The molecular weight excluding hydrogens is 392 g/mol. The zero-order valence-electron chi connectivity index (χ0n) is 16.5. The zero-order chi connectivity index (χ0) is 21.2. The molecular formula is C24H22N4OS. The highest BCUT2D eigenvalue weighted by atomic mass is 32.2. The van der Waals surface area contributed by atoms with Crippen LogP contribution in [0.2, 0.25) is 0 Å². The van der Waals surface area contributed by atoms with Crippen LogP contribution in [0.15, 0.2) is 60.8 Å². The van der Waals surface area contributed by atoms with Gasteiger partial charge in [-0.3, -0.25) is 4.79 Å². The van der Waals surface area contributed by atoms with Crippen LogP contribution in [0.1, 0.15) is 23.1 Å². The van der Waals surface area contributed by atoms with Crippen molar-refractivity contribution in [3.63, 3.8) is 0 Å². The van der Waals surface area contributed by atoms with Crippen molar-refractivity contribution in [1.82, 2.24) is 9.88 Å². The fourth-order valence-corrected chi connectivity index (χ4v) is 4.03. The fourth-order valence-electron chi connectivity index (χ4n) is 3.17. The largest absolute Gasteiger partial charge is 0.352 e. The molecule has 1 amide bonds. The average Bonchev–Trinajstić information content (AvgIpc) is 3.14. The summed E-state index contributed by atoms with van der Waals surface area (Å²) in [6.07, 6.45) is 5.79. The molecule has 0 radical (unpaired) electrons. The maximum absolute atomic E-state index is 12.2. The number of aryl methyl sites for hydroxylation is 1. The lowest BCUT2D eigenvalue weighted by molar-refractivity contribution is -0.116. The molecule has 0 fully saturated rings. The van der Waals surface area contributed by atoms with E-state index >= 15 is 0 Å². The molecule has 1 aromatic heterocycles. The number of para-hydroxylation sites is 1. The van der Waals surface area contributed by atoms with Gasteiger partial charge in [0.2, 0.25) is 5.91 Å². The van der Waals surface area contributed by atoms with Gasteiger partial charge in [-0.25, -0.2) is 0 Å². The highest BCUT2D eigenvalue weighted by molar-refractivity contribution is 7.98. The Morgan fingerprint density at radius 2 is 1.93 bits per heavy atom. The summed E-state index contributed by atoms with van der Waals surface area (Å²) in [5.74, 6) is 1.38. The minimum Gasteiger partial charge on any atom is -0.352 e. The molecule has 0 unspecified atom stereocenters. The number of thioether (sulfide) groups is 1. The van der Waals surface area contributed by atoms with Gasteiger partial charge < -0.3 is 9.88 Å². The van der Waals surface area contributed by atoms with Crippen LogP contribution in [0, 0.1) is 22.7 Å². The van der Waals surface area contributed by atoms with E-state index < -0.39 is 0 Å². The number of rotatable bonds is 9. The first-order valence-corrected chi connectivity index (χ1v) is 10.8. The van der Waals surface area contributed by atoms with Gasteiger partial charge in [-0.1, -0.05) is 36.4 Å². The molecule has 0 aliphatic carbocycles. The van der Waals surface area contributed by atoms with Gasteiger partial charge in [-0.05, 0) is 23.8 Å². The van der Waals surface area contributed by atoms with E-state index in [1.165, 1.54) is 0 Å². The summed E-state index contributed by atoms with van der Waals surface area (Å²) < 4.78 is 2.05. The number of hydrogen-bond acceptors (Lipinski definition) is 4. The van der Waals surface area contributed by atoms with Gasteiger partial charge in [0.15, 0.2) is 0 Å². The van der Waals surface area contributed by atoms with Crippen molar-refractivity contribution in [2.45, 2.75) is 18.7 Å². The van der Waals surface area contributed by atoms with E-state index in [0.717, 1.165) is 33.5 Å². The number of fused-ring (bicyclic) bond motifs is 1. The molecule has 0 saturated heterocycles. The molecule has 5 nitrogen and oxygen atoms in total. The molecule has 0 bridgehead atoms. The standard InChI is InChI=1S/C24H22N4OS/c25-12-5-14-28-17-20(22-8-3-4-9-23(22)28)10-11-24(29)27-13-15-30-18-21-7-2-1-6-19(21)16-26/h1-4,6-11,17H,5,13-15,18H2,(H,27,29)/b11-10+. The Morgan fingerprint density at radius 3 is 2.77 bits per heavy atom. The topological polar surface area (TPSA) is 81.6 Å². The van der Waals surface area contributed by atoms with Gasteiger partial charge >= 0.3 is 0 Å². The van der Waals surface area contributed by atoms with Crippen LogP contribution in [-0.2, 0) is 17.1 Å². The average molecular weight is 415 g/mol. The number of aromatic nitrogens is 1. The second-order valence-electron chi connectivity index (χ2n) is 6.65. The highest BCUT2D eigenvalue weighted by Gasteiger charge is 2.06. The number of nitrogens with one attached hydrogen (secondary N) is 1. The van der Waals surface area contributed by atoms with Crippen LogP contribution in [0.5, 0.6) is 0 Å². The molecule has 0 aliphatic heterocycles. The molecule has 0 saturated carbocycles. The third-order valence-electron chi connectivity index (χ3n) is 4.64. The van der Waals surface area contributed by atoms with Crippen LogP contribution in [-0.4, -0.2) is 22.8 Å². The molecule has 6 heteroatoms. The molecule has 2 aromatic carbocycles. The van der Waals surface area contributed by atoms with Crippen LogP contribution >= 0.6 is 11.8 Å². The van der Waals surface area contributed by atoms with E-state index in [9.17, 15) is 4.79 Å². The second kappa shape index (κ2) is 10.9. The number of carbonyl (C=O) groups is 1. The quantitative estimate of drug-likeness (QED) is 0.413. The van der Waals surface area contributed by atoms with E-state index in [-0.39, 0.29) is 5.91 Å². The minimum absolute atomic E-state index is 0.137. The molecule has 0 aliphatic rings. The number of nitrogens with zero attached hydrogens (tertiary/aromatic N) is 3. The van der Waals surface area contributed by atoms with Crippen molar-refractivity contribution < 1.29 is 4.79 Å². The third-order valence-corrected chi connectivity index (χ3v) is 5.65. The summed E-state index contributed by atoms with van der Waals surface area (Å²) >= 11 is 1.69. The second-order valence-corrected chi connectivity index (χ2v) is 7.75. The number of benzene rings is 2. The van der Waals surface area contributed by atoms with Gasteiger partial charge in [0.05, 0.1) is 24.1 Å². The predicted molar refractivity (Wildman–Crippen MR) is 122 cm³/mol. The summed E-state index contributed by atoms with van der Waals surface area (Å²) in [6.45, 7) is 1.19. The molecule has 0 atom stereocenters. The number of carbonyl (C=O) groups excluding carboxylic acids is 1. The lowest BCUT2D eigenvalue weighted by Gasteiger charge is -2.04. The van der Waals surface area contributed by atoms with Crippen molar-refractivity contribution in [2.24, 2.45) is 0 Å². The minimum atomic E-state index is -0.137. The van der Waals surface area contributed by atoms with Crippen molar-refractivity contribution in [2.75, 3.05) is 12.3 Å². The van der Waals surface area contributed by atoms with E-state index in [4.69, 9.17) is 10.5 Å². The Labute approximate surface area is 180 Å². The van der Waals surface area contributed by atoms with E-state index in [1.807, 2.05) is 65.4 Å². The highest BCUT2D eigenvalue weighted by Crippen LogP contribution is 2.22. The Hall–Kier alpha value is -3.48. The van der Waals surface area contributed by atoms with Gasteiger partial charge in [0.25, 0.3) is 0 Å². The predicted octanol–water partition coefficient (Wildman–Crippen LogP) is 4.49. The van der Waals surface area contributed by atoms with Crippen LogP contribution in [0.3, 0.4) is 0 Å². The van der Waals surface area contributed by atoms with E-state index in [2.05, 4.69) is 17.5 Å². The van der Waals surface area contributed by atoms with Crippen LogP contribution < -0.4 is 5.32 Å². The van der Waals surface area contributed by atoms with Gasteiger partial charge in [0.1, 0.15) is 0 Å². The normalized spacial score (nSPS) is 10.7. The summed E-state index contributed by atoms with van der Waals surface area (Å²) in [5.41, 5.74) is 3.73. The summed E-state index contributed by atoms with van der Waals surface area (Å²) in [7, 11) is 0. The molecule has 150 valence electrons. The molecule has 3 rings (SSSR count). The Bertz CT molecular complexity index is 1130. The molecule has 3 aromatic rings. The van der Waals surface area contributed by atoms with Crippen molar-refractivity contribution >= 4 is 34.6 Å². The maximum atomic E-state index is 12.2. The zero-order valence-corrected chi connectivity index (χ0v) is 17.4. The lowest BCUT2D eigenvalue weighted by Crippen LogP contribution is -2.23. The van der Waals surface area contributed by atoms with Crippen molar-refractivity contribution in [3.8, 4) is 12.1 Å². The number of nitriles is 2. The summed E-state index contributed by atoms with van der Waals surface area (Å²) in [6, 6.07) is 19.9. The van der Waals surface area contributed by atoms with Gasteiger partial charge in [0, 0.05) is 53.3 Å². The van der Waals surface area contributed by atoms with E-state index in [0.29, 0.717) is 25.1 Å². The number of amides is 1. The summed E-state index contributed by atoms with van der Waals surface area (Å²) in [4.78, 5) is 12.2. The Kier molecular flexibility index (Phi) is 7.71. The van der Waals surface area contributed by atoms with Gasteiger partial charge in [-0.15, -0.1) is 0 Å². The molecule has 1 N–H and O–H groups in total. The molecule has 1 heterocycles.